The molecule has 0 heterocycles. The monoisotopic (exact) mass is 185 g/mol. The van der Waals surface area contributed by atoms with Crippen molar-refractivity contribution >= 4 is 11.8 Å². The van der Waals surface area contributed by atoms with E-state index < -0.39 is 0 Å². The lowest BCUT2D eigenvalue weighted by atomic mass is 10.4. The average molecular weight is 185 g/mol. The fraction of sp³-hybridized carbons (Fsp3) is 0.333. The third-order valence-electron chi connectivity index (χ3n) is 1.33. The summed E-state index contributed by atoms with van der Waals surface area (Å²) in [5.41, 5.74) is 5.58. The molecule has 0 bridgehead atoms. The quantitative estimate of drug-likeness (QED) is 0.731. The maximum absolute atomic E-state index is 12.5. The summed E-state index contributed by atoms with van der Waals surface area (Å²) in [4.78, 5) is 1.06. The summed E-state index contributed by atoms with van der Waals surface area (Å²) in [6.45, 7) is 1.95. The highest BCUT2D eigenvalue weighted by Crippen LogP contribution is 2.18. The molecule has 0 spiro atoms. The highest BCUT2D eigenvalue weighted by molar-refractivity contribution is 7.99. The van der Waals surface area contributed by atoms with Crippen LogP contribution in [0.5, 0.6) is 0 Å². The molecule has 0 radical (unpaired) electrons. The van der Waals surface area contributed by atoms with Gasteiger partial charge in [0, 0.05) is 16.7 Å². The second-order valence-corrected chi connectivity index (χ2v) is 3.84. The Morgan fingerprint density at radius 3 is 2.50 bits per heavy atom. The minimum Gasteiger partial charge on any atom is -0.327 e. The first-order valence-corrected chi connectivity index (χ1v) is 4.81. The Bertz CT molecular complexity index is 233. The van der Waals surface area contributed by atoms with Gasteiger partial charge in [0.15, 0.2) is 0 Å². The molecule has 66 valence electrons. The first-order chi connectivity index (χ1) is 5.68. The minimum absolute atomic E-state index is 0.181. The van der Waals surface area contributed by atoms with Gasteiger partial charge in [-0.05, 0) is 31.2 Å². The Morgan fingerprint density at radius 2 is 2.00 bits per heavy atom. The predicted octanol–water partition coefficient (Wildman–Crippen LogP) is 2.27. The lowest BCUT2D eigenvalue weighted by Gasteiger charge is -2.03. The van der Waals surface area contributed by atoms with Gasteiger partial charge in [-0.25, -0.2) is 4.39 Å². The van der Waals surface area contributed by atoms with Crippen molar-refractivity contribution in [2.24, 2.45) is 5.73 Å². The first kappa shape index (κ1) is 9.55. The Hall–Kier alpha value is -0.540. The largest absolute Gasteiger partial charge is 0.327 e. The molecule has 0 saturated carbocycles. The van der Waals surface area contributed by atoms with Crippen LogP contribution in [-0.4, -0.2) is 11.8 Å². The molecule has 0 aromatic heterocycles. The molecule has 1 atom stereocenters. The van der Waals surface area contributed by atoms with E-state index in [-0.39, 0.29) is 11.9 Å². The van der Waals surface area contributed by atoms with Gasteiger partial charge in [0.1, 0.15) is 5.82 Å². The minimum atomic E-state index is -0.194. The van der Waals surface area contributed by atoms with E-state index in [9.17, 15) is 4.39 Å². The standard InChI is InChI=1S/C9H12FNS/c1-7(11)6-12-9-4-2-8(10)3-5-9/h2-5,7H,6,11H2,1H3/t7-/m1/s1. The molecule has 2 N–H and O–H groups in total. The van der Waals surface area contributed by atoms with Crippen LogP contribution in [0.2, 0.25) is 0 Å². The van der Waals surface area contributed by atoms with Gasteiger partial charge in [0.2, 0.25) is 0 Å². The second-order valence-electron chi connectivity index (χ2n) is 2.74. The smallest absolute Gasteiger partial charge is 0.123 e. The summed E-state index contributed by atoms with van der Waals surface area (Å²) < 4.78 is 12.5. The molecule has 1 rings (SSSR count). The molecule has 0 unspecified atom stereocenters. The molecule has 1 nitrogen and oxygen atoms in total. The van der Waals surface area contributed by atoms with Crippen molar-refractivity contribution in [3.05, 3.63) is 30.1 Å². The van der Waals surface area contributed by atoms with Crippen LogP contribution in [0.15, 0.2) is 29.2 Å². The summed E-state index contributed by atoms with van der Waals surface area (Å²) in [6.07, 6.45) is 0. The van der Waals surface area contributed by atoms with Crippen LogP contribution in [0.25, 0.3) is 0 Å². The topological polar surface area (TPSA) is 26.0 Å². The summed E-state index contributed by atoms with van der Waals surface area (Å²) in [5, 5.41) is 0. The zero-order valence-corrected chi connectivity index (χ0v) is 7.77. The van der Waals surface area contributed by atoms with Gasteiger partial charge in [-0.15, -0.1) is 11.8 Å². The number of nitrogens with two attached hydrogens (primary N) is 1. The molecule has 12 heavy (non-hydrogen) atoms. The van der Waals surface area contributed by atoms with E-state index in [1.54, 1.807) is 23.9 Å². The molecule has 0 aliphatic rings. The maximum atomic E-state index is 12.5. The van der Waals surface area contributed by atoms with E-state index in [2.05, 4.69) is 0 Å². The van der Waals surface area contributed by atoms with Gasteiger partial charge in [-0.2, -0.15) is 0 Å². The van der Waals surface area contributed by atoms with Crippen LogP contribution in [0.3, 0.4) is 0 Å². The number of halogens is 1. The predicted molar refractivity (Wildman–Crippen MR) is 50.8 cm³/mol. The van der Waals surface area contributed by atoms with Crippen molar-refractivity contribution < 1.29 is 4.39 Å². The van der Waals surface area contributed by atoms with Crippen molar-refractivity contribution in [3.8, 4) is 0 Å². The van der Waals surface area contributed by atoms with Crippen molar-refractivity contribution in [2.75, 3.05) is 5.75 Å². The third kappa shape index (κ3) is 3.24. The molecule has 0 aliphatic carbocycles. The summed E-state index contributed by atoms with van der Waals surface area (Å²) in [6, 6.07) is 6.64. The highest BCUT2D eigenvalue weighted by atomic mass is 32.2. The second kappa shape index (κ2) is 4.48. The van der Waals surface area contributed by atoms with Crippen molar-refractivity contribution in [3.63, 3.8) is 0 Å². The van der Waals surface area contributed by atoms with Crippen LogP contribution in [0, 0.1) is 5.82 Å². The van der Waals surface area contributed by atoms with Gasteiger partial charge in [0.25, 0.3) is 0 Å². The molecule has 0 saturated heterocycles. The van der Waals surface area contributed by atoms with Gasteiger partial charge >= 0.3 is 0 Å². The Morgan fingerprint density at radius 1 is 1.42 bits per heavy atom. The van der Waals surface area contributed by atoms with Gasteiger partial charge in [0.05, 0.1) is 0 Å². The van der Waals surface area contributed by atoms with Crippen molar-refractivity contribution in [1.29, 1.82) is 0 Å². The van der Waals surface area contributed by atoms with Gasteiger partial charge < -0.3 is 5.73 Å². The molecule has 3 heteroatoms. The van der Waals surface area contributed by atoms with E-state index in [1.165, 1.54) is 12.1 Å². The Balaban J connectivity index is 2.48. The first-order valence-electron chi connectivity index (χ1n) is 3.82. The van der Waals surface area contributed by atoms with E-state index in [0.717, 1.165) is 10.6 Å². The third-order valence-corrected chi connectivity index (χ3v) is 2.62. The lowest BCUT2D eigenvalue weighted by Crippen LogP contribution is -2.17. The molecule has 0 amide bonds. The zero-order valence-electron chi connectivity index (χ0n) is 6.96. The van der Waals surface area contributed by atoms with Crippen LogP contribution >= 0.6 is 11.8 Å². The highest BCUT2D eigenvalue weighted by Gasteiger charge is 1.97. The normalized spacial score (nSPS) is 12.9. The fourth-order valence-electron chi connectivity index (χ4n) is 0.758. The van der Waals surface area contributed by atoms with E-state index in [1.807, 2.05) is 6.92 Å². The summed E-state index contributed by atoms with van der Waals surface area (Å²) >= 11 is 1.65. The summed E-state index contributed by atoms with van der Waals surface area (Å²) in [5.74, 6) is 0.672. The SMILES string of the molecule is C[C@@H](N)CSc1ccc(F)cc1. The fourth-order valence-corrected chi connectivity index (χ4v) is 1.54. The van der Waals surface area contributed by atoms with Gasteiger partial charge in [-0.1, -0.05) is 0 Å². The molecular weight excluding hydrogens is 173 g/mol. The molecule has 0 aliphatic heterocycles. The van der Waals surface area contributed by atoms with Crippen molar-refractivity contribution in [1.82, 2.24) is 0 Å². The number of hydrogen-bond acceptors (Lipinski definition) is 2. The lowest BCUT2D eigenvalue weighted by molar-refractivity contribution is 0.626. The van der Waals surface area contributed by atoms with Crippen LogP contribution in [0.1, 0.15) is 6.92 Å². The Kier molecular flexibility index (Phi) is 3.56. The van der Waals surface area contributed by atoms with Gasteiger partial charge in [-0.3, -0.25) is 0 Å². The van der Waals surface area contributed by atoms with E-state index in [0.29, 0.717) is 0 Å². The van der Waals surface area contributed by atoms with Crippen LogP contribution in [0.4, 0.5) is 4.39 Å². The number of hydrogen-bond donors (Lipinski definition) is 1. The van der Waals surface area contributed by atoms with Crippen LogP contribution < -0.4 is 5.73 Å². The average Bonchev–Trinajstić information content (AvgIpc) is 2.03. The summed E-state index contributed by atoms with van der Waals surface area (Å²) in [7, 11) is 0. The molecular formula is C9H12FNS. The Labute approximate surface area is 76.2 Å². The van der Waals surface area contributed by atoms with Crippen molar-refractivity contribution in [2.45, 2.75) is 17.9 Å². The van der Waals surface area contributed by atoms with E-state index >= 15 is 0 Å². The number of benzene rings is 1. The molecule has 1 aromatic carbocycles. The van der Waals surface area contributed by atoms with Crippen LogP contribution in [-0.2, 0) is 0 Å². The number of rotatable bonds is 3. The molecule has 0 fully saturated rings. The number of thioether (sulfide) groups is 1. The molecule has 1 aromatic rings. The van der Waals surface area contributed by atoms with E-state index in [4.69, 9.17) is 5.73 Å². The maximum Gasteiger partial charge on any atom is 0.123 e. The zero-order chi connectivity index (χ0) is 8.97.